The van der Waals surface area contributed by atoms with Crippen LogP contribution in [0, 0.1) is 5.82 Å². The van der Waals surface area contributed by atoms with E-state index in [1.165, 1.54) is 6.07 Å². The number of hydrogen-bond donors (Lipinski definition) is 1. The number of hydrogen-bond acceptors (Lipinski definition) is 1. The Balaban J connectivity index is 1.96. The van der Waals surface area contributed by atoms with Crippen molar-refractivity contribution >= 4 is 28.9 Å². The molecular weight excluding hydrogens is 272 g/mol. The van der Waals surface area contributed by atoms with Gasteiger partial charge in [-0.3, -0.25) is 0 Å². The Bertz CT molecular complexity index is 613. The number of halogens is 3. The molecule has 0 aromatic heterocycles. The summed E-state index contributed by atoms with van der Waals surface area (Å²) < 4.78 is 13.2. The molecular formula is C14H10Cl2FN. The highest BCUT2D eigenvalue weighted by Crippen LogP contribution is 2.37. The van der Waals surface area contributed by atoms with Crippen LogP contribution in [-0.2, 0) is 6.42 Å². The largest absolute Gasteiger partial charge is 0.378 e. The van der Waals surface area contributed by atoms with Gasteiger partial charge in [0.2, 0.25) is 0 Å². The fraction of sp³-hybridized carbons (Fsp3) is 0.143. The third-order valence-electron chi connectivity index (χ3n) is 3.15. The predicted molar refractivity (Wildman–Crippen MR) is 72.9 cm³/mol. The molecule has 3 rings (SSSR count). The summed E-state index contributed by atoms with van der Waals surface area (Å²) in [7, 11) is 0. The molecule has 0 saturated carbocycles. The van der Waals surface area contributed by atoms with Crippen LogP contribution in [0.4, 0.5) is 10.1 Å². The number of anilines is 1. The number of rotatable bonds is 1. The van der Waals surface area contributed by atoms with Crippen molar-refractivity contribution in [2.24, 2.45) is 0 Å². The van der Waals surface area contributed by atoms with Crippen molar-refractivity contribution < 1.29 is 4.39 Å². The zero-order valence-corrected chi connectivity index (χ0v) is 10.9. The molecule has 1 N–H and O–H groups in total. The highest BCUT2D eigenvalue weighted by atomic mass is 35.5. The van der Waals surface area contributed by atoms with Gasteiger partial charge in [-0.1, -0.05) is 23.2 Å². The van der Waals surface area contributed by atoms with Gasteiger partial charge in [-0.15, -0.1) is 0 Å². The first kappa shape index (κ1) is 11.8. The topological polar surface area (TPSA) is 12.0 Å². The van der Waals surface area contributed by atoms with Crippen molar-refractivity contribution in [3.63, 3.8) is 0 Å². The number of fused-ring (bicyclic) bond motifs is 1. The van der Waals surface area contributed by atoms with Crippen molar-refractivity contribution in [1.82, 2.24) is 0 Å². The van der Waals surface area contributed by atoms with Crippen molar-refractivity contribution in [1.29, 1.82) is 0 Å². The summed E-state index contributed by atoms with van der Waals surface area (Å²) in [5, 5.41) is 4.66. The lowest BCUT2D eigenvalue weighted by Crippen LogP contribution is -2.06. The maximum absolute atomic E-state index is 13.2. The van der Waals surface area contributed by atoms with E-state index in [0.29, 0.717) is 16.5 Å². The second kappa shape index (κ2) is 4.45. The Hall–Kier alpha value is -1.25. The maximum Gasteiger partial charge on any atom is 0.123 e. The van der Waals surface area contributed by atoms with E-state index in [0.717, 1.165) is 16.8 Å². The zero-order chi connectivity index (χ0) is 12.7. The van der Waals surface area contributed by atoms with Crippen LogP contribution in [0.1, 0.15) is 17.2 Å². The molecule has 2 aromatic carbocycles. The van der Waals surface area contributed by atoms with E-state index in [9.17, 15) is 4.39 Å². The predicted octanol–water partition coefficient (Wildman–Crippen LogP) is 4.84. The molecule has 0 radical (unpaired) electrons. The quantitative estimate of drug-likeness (QED) is 0.789. The minimum Gasteiger partial charge on any atom is -0.378 e. The first-order valence-corrected chi connectivity index (χ1v) is 6.39. The third-order valence-corrected chi connectivity index (χ3v) is 3.73. The molecule has 1 unspecified atom stereocenters. The summed E-state index contributed by atoms with van der Waals surface area (Å²) in [4.78, 5) is 0. The van der Waals surface area contributed by atoms with E-state index in [2.05, 4.69) is 5.32 Å². The van der Waals surface area contributed by atoms with Crippen LogP contribution in [-0.4, -0.2) is 0 Å². The normalized spacial score (nSPS) is 17.4. The molecule has 1 aliphatic rings. The Kier molecular flexibility index (Phi) is 2.92. The monoisotopic (exact) mass is 281 g/mol. The van der Waals surface area contributed by atoms with Crippen LogP contribution in [0.3, 0.4) is 0 Å². The maximum atomic E-state index is 13.2. The molecule has 1 atom stereocenters. The SMILES string of the molecule is Fc1ccc2c(c1)CC(c1cc(Cl)ccc1Cl)N2. The van der Waals surface area contributed by atoms with Crippen LogP contribution in [0.5, 0.6) is 0 Å². The third kappa shape index (κ3) is 2.06. The minimum absolute atomic E-state index is 0.0491. The van der Waals surface area contributed by atoms with Gasteiger partial charge in [-0.2, -0.15) is 0 Å². The van der Waals surface area contributed by atoms with E-state index >= 15 is 0 Å². The Labute approximate surface area is 115 Å². The van der Waals surface area contributed by atoms with Crippen molar-refractivity contribution in [2.75, 3.05) is 5.32 Å². The van der Waals surface area contributed by atoms with E-state index in [4.69, 9.17) is 23.2 Å². The first-order valence-electron chi connectivity index (χ1n) is 5.63. The van der Waals surface area contributed by atoms with Gasteiger partial charge in [-0.05, 0) is 53.9 Å². The zero-order valence-electron chi connectivity index (χ0n) is 9.38. The summed E-state index contributed by atoms with van der Waals surface area (Å²) in [5.41, 5.74) is 2.87. The molecule has 1 heterocycles. The van der Waals surface area contributed by atoms with Crippen LogP contribution in [0.25, 0.3) is 0 Å². The second-order valence-electron chi connectivity index (χ2n) is 4.37. The van der Waals surface area contributed by atoms with Gasteiger partial charge in [0, 0.05) is 15.7 Å². The average Bonchev–Trinajstić information content (AvgIpc) is 2.74. The van der Waals surface area contributed by atoms with E-state index < -0.39 is 0 Å². The highest BCUT2D eigenvalue weighted by molar-refractivity contribution is 6.33. The van der Waals surface area contributed by atoms with Gasteiger partial charge in [0.05, 0.1) is 6.04 Å². The van der Waals surface area contributed by atoms with Crippen molar-refractivity contribution in [3.05, 3.63) is 63.4 Å². The first-order chi connectivity index (χ1) is 8.63. The summed E-state index contributed by atoms with van der Waals surface area (Å²) in [6.45, 7) is 0. The summed E-state index contributed by atoms with van der Waals surface area (Å²) in [5.74, 6) is -0.214. The molecule has 0 amide bonds. The molecule has 0 aliphatic carbocycles. The second-order valence-corrected chi connectivity index (χ2v) is 5.21. The van der Waals surface area contributed by atoms with E-state index in [1.54, 1.807) is 24.3 Å². The van der Waals surface area contributed by atoms with Gasteiger partial charge >= 0.3 is 0 Å². The fourth-order valence-electron chi connectivity index (χ4n) is 2.30. The van der Waals surface area contributed by atoms with Crippen LogP contribution in [0.2, 0.25) is 10.0 Å². The Morgan fingerprint density at radius 2 is 1.94 bits per heavy atom. The lowest BCUT2D eigenvalue weighted by Gasteiger charge is -2.13. The van der Waals surface area contributed by atoms with E-state index in [1.807, 2.05) is 6.07 Å². The molecule has 4 heteroatoms. The molecule has 92 valence electrons. The van der Waals surface area contributed by atoms with Gasteiger partial charge in [-0.25, -0.2) is 4.39 Å². The lowest BCUT2D eigenvalue weighted by atomic mass is 10.0. The van der Waals surface area contributed by atoms with Gasteiger partial charge in [0.15, 0.2) is 0 Å². The average molecular weight is 282 g/mol. The van der Waals surface area contributed by atoms with Crippen molar-refractivity contribution in [2.45, 2.75) is 12.5 Å². The van der Waals surface area contributed by atoms with Crippen molar-refractivity contribution in [3.8, 4) is 0 Å². The van der Waals surface area contributed by atoms with Crippen LogP contribution < -0.4 is 5.32 Å². The van der Waals surface area contributed by atoms with Gasteiger partial charge in [0.1, 0.15) is 5.82 Å². The molecule has 0 saturated heterocycles. The molecule has 18 heavy (non-hydrogen) atoms. The smallest absolute Gasteiger partial charge is 0.123 e. The molecule has 1 aliphatic heterocycles. The fourth-order valence-corrected chi connectivity index (χ4v) is 2.73. The Morgan fingerprint density at radius 1 is 1.11 bits per heavy atom. The van der Waals surface area contributed by atoms with Gasteiger partial charge < -0.3 is 5.32 Å². The molecule has 0 bridgehead atoms. The molecule has 0 fully saturated rings. The van der Waals surface area contributed by atoms with Crippen LogP contribution >= 0.6 is 23.2 Å². The highest BCUT2D eigenvalue weighted by Gasteiger charge is 2.24. The minimum atomic E-state index is -0.214. The molecule has 2 aromatic rings. The molecule has 0 spiro atoms. The molecule has 1 nitrogen and oxygen atoms in total. The number of nitrogens with one attached hydrogen (secondary N) is 1. The standard InChI is InChI=1S/C14H10Cl2FN/c15-9-1-3-12(16)11(7-9)14-6-8-5-10(17)2-4-13(8)18-14/h1-5,7,14,18H,6H2. The summed E-state index contributed by atoms with van der Waals surface area (Å²) >= 11 is 12.2. The lowest BCUT2D eigenvalue weighted by molar-refractivity contribution is 0.626. The van der Waals surface area contributed by atoms with Crippen LogP contribution in [0.15, 0.2) is 36.4 Å². The van der Waals surface area contributed by atoms with E-state index in [-0.39, 0.29) is 11.9 Å². The Morgan fingerprint density at radius 3 is 2.78 bits per heavy atom. The van der Waals surface area contributed by atoms with Gasteiger partial charge in [0.25, 0.3) is 0 Å². The summed E-state index contributed by atoms with van der Waals surface area (Å²) in [6, 6.07) is 10.2. The summed E-state index contributed by atoms with van der Waals surface area (Å²) in [6.07, 6.45) is 0.715. The number of benzene rings is 2.